The predicted molar refractivity (Wildman–Crippen MR) is 71.0 cm³/mol. The van der Waals surface area contributed by atoms with E-state index in [1.54, 1.807) is 11.3 Å². The monoisotopic (exact) mass is 247 g/mol. The molecule has 1 N–H and O–H groups in total. The quantitative estimate of drug-likeness (QED) is 0.880. The van der Waals surface area contributed by atoms with Crippen LogP contribution in [0.25, 0.3) is 10.6 Å². The molecule has 1 saturated carbocycles. The van der Waals surface area contributed by atoms with Gasteiger partial charge in [-0.15, -0.1) is 11.3 Å². The van der Waals surface area contributed by atoms with E-state index >= 15 is 0 Å². The van der Waals surface area contributed by atoms with Gasteiger partial charge >= 0.3 is 0 Å². The summed E-state index contributed by atoms with van der Waals surface area (Å²) in [6.07, 6.45) is 6.85. The standard InChI is InChI=1S/C13H17N3S/c1-16-6-2-3-11(16)12-8-15-13(17-12)9-14-7-10-4-5-10/h2-3,6,8,10,14H,4-5,7,9H2,1H3. The van der Waals surface area contributed by atoms with E-state index in [2.05, 4.69) is 40.2 Å². The summed E-state index contributed by atoms with van der Waals surface area (Å²) >= 11 is 1.78. The van der Waals surface area contributed by atoms with E-state index in [0.717, 1.165) is 19.0 Å². The molecule has 0 radical (unpaired) electrons. The summed E-state index contributed by atoms with van der Waals surface area (Å²) in [6, 6.07) is 4.20. The van der Waals surface area contributed by atoms with Crippen LogP contribution in [0.5, 0.6) is 0 Å². The smallest absolute Gasteiger partial charge is 0.107 e. The molecule has 0 amide bonds. The summed E-state index contributed by atoms with van der Waals surface area (Å²) in [5.74, 6) is 0.933. The lowest BCUT2D eigenvalue weighted by atomic mass is 10.4. The molecular formula is C13H17N3S. The number of rotatable bonds is 5. The highest BCUT2D eigenvalue weighted by atomic mass is 32.1. The second-order valence-corrected chi connectivity index (χ2v) is 5.81. The molecule has 0 saturated heterocycles. The van der Waals surface area contributed by atoms with Gasteiger partial charge in [0.2, 0.25) is 0 Å². The second kappa shape index (κ2) is 4.63. The van der Waals surface area contributed by atoms with Crippen molar-refractivity contribution in [3.8, 4) is 10.6 Å². The van der Waals surface area contributed by atoms with E-state index in [-0.39, 0.29) is 0 Å². The molecule has 3 rings (SSSR count). The normalized spacial score (nSPS) is 15.4. The Morgan fingerprint density at radius 1 is 1.53 bits per heavy atom. The zero-order chi connectivity index (χ0) is 11.7. The largest absolute Gasteiger partial charge is 0.350 e. The van der Waals surface area contributed by atoms with E-state index in [9.17, 15) is 0 Å². The van der Waals surface area contributed by atoms with E-state index in [1.165, 1.54) is 28.4 Å². The number of thiazole rings is 1. The SMILES string of the molecule is Cn1cccc1-c1cnc(CNCC2CC2)s1. The maximum Gasteiger partial charge on any atom is 0.107 e. The minimum atomic E-state index is 0.908. The molecule has 0 bridgehead atoms. The molecule has 1 aliphatic rings. The van der Waals surface area contributed by atoms with E-state index < -0.39 is 0 Å². The first-order chi connectivity index (χ1) is 8.33. The van der Waals surface area contributed by atoms with Crippen LogP contribution in [0, 0.1) is 5.92 Å². The first-order valence-corrected chi connectivity index (χ1v) is 6.91. The van der Waals surface area contributed by atoms with Crippen LogP contribution in [0.4, 0.5) is 0 Å². The van der Waals surface area contributed by atoms with Gasteiger partial charge in [0.05, 0.1) is 10.6 Å². The van der Waals surface area contributed by atoms with Crippen LogP contribution in [-0.2, 0) is 13.6 Å². The third kappa shape index (κ3) is 2.58. The maximum atomic E-state index is 4.47. The Morgan fingerprint density at radius 2 is 2.41 bits per heavy atom. The van der Waals surface area contributed by atoms with Crippen molar-refractivity contribution in [2.45, 2.75) is 19.4 Å². The molecular weight excluding hydrogens is 230 g/mol. The molecule has 3 nitrogen and oxygen atoms in total. The topological polar surface area (TPSA) is 29.9 Å². The molecule has 2 aromatic heterocycles. The molecule has 1 fully saturated rings. The highest BCUT2D eigenvalue weighted by molar-refractivity contribution is 7.15. The molecule has 0 unspecified atom stereocenters. The molecule has 0 aliphatic heterocycles. The lowest BCUT2D eigenvalue weighted by molar-refractivity contribution is 0.637. The van der Waals surface area contributed by atoms with Crippen molar-refractivity contribution in [2.24, 2.45) is 13.0 Å². The van der Waals surface area contributed by atoms with E-state index in [1.807, 2.05) is 6.20 Å². The minimum Gasteiger partial charge on any atom is -0.350 e. The number of aryl methyl sites for hydroxylation is 1. The molecule has 90 valence electrons. The Labute approximate surface area is 106 Å². The summed E-state index contributed by atoms with van der Waals surface area (Å²) in [5, 5.41) is 4.66. The lowest BCUT2D eigenvalue weighted by Gasteiger charge is -1.99. The van der Waals surface area contributed by atoms with Gasteiger partial charge in [-0.05, 0) is 37.4 Å². The molecule has 0 aromatic carbocycles. The van der Waals surface area contributed by atoms with Crippen LogP contribution >= 0.6 is 11.3 Å². The molecule has 1 aliphatic carbocycles. The van der Waals surface area contributed by atoms with Crippen LogP contribution in [0.3, 0.4) is 0 Å². The van der Waals surface area contributed by atoms with Gasteiger partial charge in [-0.1, -0.05) is 0 Å². The Bertz CT molecular complexity index is 496. The fourth-order valence-corrected chi connectivity index (χ4v) is 2.89. The molecule has 17 heavy (non-hydrogen) atoms. The first kappa shape index (κ1) is 11.0. The predicted octanol–water partition coefficient (Wildman–Crippen LogP) is 2.65. The second-order valence-electron chi connectivity index (χ2n) is 4.70. The van der Waals surface area contributed by atoms with Gasteiger partial charge < -0.3 is 9.88 Å². The maximum absolute atomic E-state index is 4.47. The summed E-state index contributed by atoms with van der Waals surface area (Å²) in [5.41, 5.74) is 1.25. The van der Waals surface area contributed by atoms with E-state index in [0.29, 0.717) is 0 Å². The van der Waals surface area contributed by atoms with Crippen LogP contribution < -0.4 is 5.32 Å². The van der Waals surface area contributed by atoms with Gasteiger partial charge in [0.1, 0.15) is 5.01 Å². The number of aromatic nitrogens is 2. The van der Waals surface area contributed by atoms with Crippen LogP contribution in [-0.4, -0.2) is 16.1 Å². The zero-order valence-electron chi connectivity index (χ0n) is 10.0. The summed E-state index contributed by atoms with van der Waals surface area (Å²) in [7, 11) is 2.07. The molecule has 0 spiro atoms. The molecule has 0 atom stereocenters. The Morgan fingerprint density at radius 3 is 3.12 bits per heavy atom. The van der Waals surface area contributed by atoms with Crippen LogP contribution in [0.1, 0.15) is 17.8 Å². The Kier molecular flexibility index (Phi) is 2.99. The summed E-state index contributed by atoms with van der Waals surface area (Å²) in [4.78, 5) is 5.72. The van der Waals surface area contributed by atoms with Crippen molar-refractivity contribution in [1.82, 2.24) is 14.9 Å². The zero-order valence-corrected chi connectivity index (χ0v) is 10.8. The first-order valence-electron chi connectivity index (χ1n) is 6.10. The lowest BCUT2D eigenvalue weighted by Crippen LogP contribution is -2.15. The van der Waals surface area contributed by atoms with Gasteiger partial charge in [0, 0.05) is 26.0 Å². The van der Waals surface area contributed by atoms with Crippen molar-refractivity contribution >= 4 is 11.3 Å². The average Bonchev–Trinajstić information content (AvgIpc) is 2.85. The van der Waals surface area contributed by atoms with Crippen LogP contribution in [0.15, 0.2) is 24.5 Å². The van der Waals surface area contributed by atoms with Gasteiger partial charge in [0.25, 0.3) is 0 Å². The number of hydrogen-bond donors (Lipinski definition) is 1. The van der Waals surface area contributed by atoms with Crippen molar-refractivity contribution in [2.75, 3.05) is 6.54 Å². The fraction of sp³-hybridized carbons (Fsp3) is 0.462. The molecule has 4 heteroatoms. The third-order valence-electron chi connectivity index (χ3n) is 3.16. The third-order valence-corrected chi connectivity index (χ3v) is 4.18. The number of hydrogen-bond acceptors (Lipinski definition) is 3. The van der Waals surface area contributed by atoms with Gasteiger partial charge in [-0.3, -0.25) is 0 Å². The van der Waals surface area contributed by atoms with Crippen molar-refractivity contribution in [1.29, 1.82) is 0 Å². The van der Waals surface area contributed by atoms with Crippen LogP contribution in [0.2, 0.25) is 0 Å². The highest BCUT2D eigenvalue weighted by Gasteiger charge is 2.20. The molecule has 2 heterocycles. The van der Waals surface area contributed by atoms with Gasteiger partial charge in [-0.25, -0.2) is 4.98 Å². The summed E-state index contributed by atoms with van der Waals surface area (Å²) in [6.45, 7) is 2.06. The number of nitrogens with one attached hydrogen (secondary N) is 1. The van der Waals surface area contributed by atoms with Gasteiger partial charge in [0.15, 0.2) is 0 Å². The van der Waals surface area contributed by atoms with Crippen molar-refractivity contribution < 1.29 is 0 Å². The minimum absolute atomic E-state index is 0.908. The van der Waals surface area contributed by atoms with Crippen molar-refractivity contribution in [3.05, 3.63) is 29.5 Å². The Balaban J connectivity index is 1.63. The Hall–Kier alpha value is -1.13. The fourth-order valence-electron chi connectivity index (χ4n) is 1.93. The summed E-state index contributed by atoms with van der Waals surface area (Å²) < 4.78 is 2.13. The number of nitrogens with zero attached hydrogens (tertiary/aromatic N) is 2. The van der Waals surface area contributed by atoms with E-state index in [4.69, 9.17) is 0 Å². The van der Waals surface area contributed by atoms with Gasteiger partial charge in [-0.2, -0.15) is 0 Å². The van der Waals surface area contributed by atoms with Crippen molar-refractivity contribution in [3.63, 3.8) is 0 Å². The average molecular weight is 247 g/mol. The molecule has 2 aromatic rings. The highest BCUT2D eigenvalue weighted by Crippen LogP contribution is 2.28.